The van der Waals surface area contributed by atoms with Gasteiger partial charge in [0.15, 0.2) is 0 Å². The lowest BCUT2D eigenvalue weighted by Gasteiger charge is -2.36. The molecular weight excluding hydrogens is 398 g/mol. The van der Waals surface area contributed by atoms with E-state index in [0.29, 0.717) is 24.3 Å². The van der Waals surface area contributed by atoms with Crippen molar-refractivity contribution in [2.45, 2.75) is 38.6 Å². The van der Waals surface area contributed by atoms with E-state index in [2.05, 4.69) is 33.2 Å². The van der Waals surface area contributed by atoms with Crippen LogP contribution in [0.3, 0.4) is 0 Å². The molecule has 1 N–H and O–H groups in total. The molecule has 0 aromatic heterocycles. The molecule has 1 amide bonds. The number of carbonyl (C=O) groups excluding carboxylic acids is 1. The van der Waals surface area contributed by atoms with Crippen molar-refractivity contribution < 1.29 is 4.79 Å². The maximum Gasteiger partial charge on any atom is 0.226 e. The summed E-state index contributed by atoms with van der Waals surface area (Å²) in [5, 5.41) is 2.30. The van der Waals surface area contributed by atoms with Crippen molar-refractivity contribution in [1.29, 1.82) is 0 Å². The van der Waals surface area contributed by atoms with Gasteiger partial charge in [-0.3, -0.25) is 20.1 Å². The Bertz CT molecular complexity index is 858. The minimum Gasteiger partial charge on any atom is -0.342 e. The van der Waals surface area contributed by atoms with Crippen LogP contribution in [0.1, 0.15) is 31.7 Å². The highest BCUT2D eigenvalue weighted by Gasteiger charge is 2.35. The van der Waals surface area contributed by atoms with Crippen LogP contribution in [0.25, 0.3) is 0 Å². The van der Waals surface area contributed by atoms with E-state index < -0.39 is 0 Å². The Morgan fingerprint density at radius 1 is 1.16 bits per heavy atom. The molecule has 5 rings (SSSR count). The Balaban J connectivity index is 1.09. The highest BCUT2D eigenvalue weighted by atomic mass is 16.2. The minimum atomic E-state index is 0.276. The van der Waals surface area contributed by atoms with Crippen molar-refractivity contribution in [3.63, 3.8) is 0 Å². The standard InChI is InChI=1S/C26H37N5O/c1-2-31-19-23(16-28-31)24-15-22-10-13-30(25(22)17-27-24)18-21-8-11-29(12-9-21)26(32)14-20-6-4-3-5-7-20/h3-7,15,21,23,25,28H,2,8-14,16-19H2,1H3. The van der Waals surface area contributed by atoms with Gasteiger partial charge in [-0.15, -0.1) is 0 Å². The summed E-state index contributed by atoms with van der Waals surface area (Å²) < 4.78 is 0. The van der Waals surface area contributed by atoms with Crippen molar-refractivity contribution in [3.8, 4) is 0 Å². The zero-order chi connectivity index (χ0) is 21.9. The summed E-state index contributed by atoms with van der Waals surface area (Å²) in [6.07, 6.45) is 6.39. The van der Waals surface area contributed by atoms with Crippen LogP contribution in [-0.2, 0) is 11.2 Å². The molecule has 0 bridgehead atoms. The van der Waals surface area contributed by atoms with E-state index in [-0.39, 0.29) is 5.91 Å². The van der Waals surface area contributed by atoms with E-state index in [1.54, 1.807) is 5.57 Å². The molecule has 6 heteroatoms. The molecule has 32 heavy (non-hydrogen) atoms. The number of aliphatic imine (C=N–C) groups is 1. The zero-order valence-corrected chi connectivity index (χ0v) is 19.4. The number of hydrogen-bond donors (Lipinski definition) is 1. The number of carbonyl (C=O) groups is 1. The average molecular weight is 436 g/mol. The number of allylic oxidation sites excluding steroid dienone is 1. The van der Waals surface area contributed by atoms with E-state index in [0.717, 1.165) is 70.8 Å². The van der Waals surface area contributed by atoms with Crippen molar-refractivity contribution in [1.82, 2.24) is 20.2 Å². The fraction of sp³-hybridized carbons (Fsp3) is 0.615. The summed E-state index contributed by atoms with van der Waals surface area (Å²) in [6.45, 7) is 10.4. The molecule has 2 unspecified atom stereocenters. The average Bonchev–Trinajstić information content (AvgIpc) is 3.47. The van der Waals surface area contributed by atoms with Gasteiger partial charge in [-0.1, -0.05) is 37.3 Å². The van der Waals surface area contributed by atoms with E-state index in [4.69, 9.17) is 4.99 Å². The smallest absolute Gasteiger partial charge is 0.226 e. The molecule has 0 saturated carbocycles. The second-order valence-electron chi connectivity index (χ2n) is 9.83. The first-order valence-electron chi connectivity index (χ1n) is 12.5. The summed E-state index contributed by atoms with van der Waals surface area (Å²) >= 11 is 0. The monoisotopic (exact) mass is 435 g/mol. The number of nitrogens with one attached hydrogen (secondary N) is 1. The molecule has 2 atom stereocenters. The number of hydrogen-bond acceptors (Lipinski definition) is 5. The van der Waals surface area contributed by atoms with Crippen molar-refractivity contribution in [2.75, 3.05) is 52.4 Å². The lowest BCUT2D eigenvalue weighted by Crippen LogP contribution is -2.44. The molecule has 4 heterocycles. The van der Waals surface area contributed by atoms with Gasteiger partial charge in [-0.25, -0.2) is 5.01 Å². The maximum absolute atomic E-state index is 12.7. The Morgan fingerprint density at radius 3 is 2.72 bits per heavy atom. The van der Waals surface area contributed by atoms with Crippen LogP contribution in [0.2, 0.25) is 0 Å². The van der Waals surface area contributed by atoms with Gasteiger partial charge in [0.2, 0.25) is 5.91 Å². The summed E-state index contributed by atoms with van der Waals surface area (Å²) in [5.74, 6) is 1.51. The fourth-order valence-corrected chi connectivity index (χ4v) is 5.78. The SMILES string of the molecule is CCN1CC(C2=NCC3C(=C2)CCN3CC2CCN(C(=O)Cc3ccccc3)CC2)CN1. The normalized spacial score (nSPS) is 27.3. The number of likely N-dealkylation sites (tertiary alicyclic amines) is 2. The molecule has 0 radical (unpaired) electrons. The molecule has 172 valence electrons. The maximum atomic E-state index is 12.7. The first kappa shape index (κ1) is 21.8. The fourth-order valence-electron chi connectivity index (χ4n) is 5.78. The Hall–Kier alpha value is -2.02. The Morgan fingerprint density at radius 2 is 1.97 bits per heavy atom. The number of amides is 1. The quantitative estimate of drug-likeness (QED) is 0.746. The molecule has 1 aromatic carbocycles. The van der Waals surface area contributed by atoms with Crippen molar-refractivity contribution >= 4 is 11.6 Å². The van der Waals surface area contributed by atoms with E-state index in [1.807, 2.05) is 30.3 Å². The van der Waals surface area contributed by atoms with Crippen LogP contribution in [0.4, 0.5) is 0 Å². The van der Waals surface area contributed by atoms with Crippen LogP contribution in [-0.4, -0.2) is 84.8 Å². The molecule has 3 fully saturated rings. The van der Waals surface area contributed by atoms with Crippen LogP contribution < -0.4 is 5.43 Å². The number of rotatable bonds is 6. The first-order chi connectivity index (χ1) is 15.7. The van der Waals surface area contributed by atoms with E-state index in [1.165, 1.54) is 12.1 Å². The minimum absolute atomic E-state index is 0.276. The van der Waals surface area contributed by atoms with Gasteiger partial charge < -0.3 is 4.90 Å². The predicted octanol–water partition coefficient (Wildman–Crippen LogP) is 2.38. The van der Waals surface area contributed by atoms with Gasteiger partial charge in [-0.2, -0.15) is 0 Å². The molecule has 4 aliphatic rings. The number of piperidine rings is 1. The second kappa shape index (κ2) is 9.86. The molecular formula is C26H37N5O. The first-order valence-corrected chi connectivity index (χ1v) is 12.5. The summed E-state index contributed by atoms with van der Waals surface area (Å²) in [4.78, 5) is 22.4. The van der Waals surface area contributed by atoms with E-state index >= 15 is 0 Å². The molecule has 1 aromatic rings. The molecule has 0 spiro atoms. The predicted molar refractivity (Wildman–Crippen MR) is 129 cm³/mol. The third-order valence-corrected chi connectivity index (χ3v) is 7.80. The van der Waals surface area contributed by atoms with Gasteiger partial charge >= 0.3 is 0 Å². The van der Waals surface area contributed by atoms with Gasteiger partial charge in [0.25, 0.3) is 0 Å². The molecule has 4 aliphatic heterocycles. The van der Waals surface area contributed by atoms with Crippen molar-refractivity contribution in [2.24, 2.45) is 16.8 Å². The second-order valence-corrected chi connectivity index (χ2v) is 9.83. The summed E-state index contributed by atoms with van der Waals surface area (Å²) in [6, 6.07) is 10.6. The number of hydrazine groups is 1. The van der Waals surface area contributed by atoms with Crippen LogP contribution in [0.5, 0.6) is 0 Å². The van der Waals surface area contributed by atoms with Gasteiger partial charge in [0.05, 0.1) is 19.0 Å². The number of benzene rings is 1. The van der Waals surface area contributed by atoms with Crippen molar-refractivity contribution in [3.05, 3.63) is 47.5 Å². The highest BCUT2D eigenvalue weighted by molar-refractivity contribution is 5.99. The largest absolute Gasteiger partial charge is 0.342 e. The lowest BCUT2D eigenvalue weighted by molar-refractivity contribution is -0.131. The van der Waals surface area contributed by atoms with Gasteiger partial charge in [0.1, 0.15) is 0 Å². The highest BCUT2D eigenvalue weighted by Crippen LogP contribution is 2.31. The van der Waals surface area contributed by atoms with Crippen LogP contribution in [0, 0.1) is 11.8 Å². The Kier molecular flexibility index (Phi) is 6.72. The van der Waals surface area contributed by atoms with E-state index in [9.17, 15) is 4.79 Å². The molecule has 0 aliphatic carbocycles. The zero-order valence-electron chi connectivity index (χ0n) is 19.4. The third kappa shape index (κ3) is 4.82. The Labute approximate surface area is 192 Å². The lowest BCUT2D eigenvalue weighted by atomic mass is 9.94. The number of dihydropyridines is 1. The summed E-state index contributed by atoms with van der Waals surface area (Å²) in [5.41, 5.74) is 7.51. The van der Waals surface area contributed by atoms with Gasteiger partial charge in [0, 0.05) is 57.4 Å². The number of nitrogens with zero attached hydrogens (tertiary/aromatic N) is 4. The number of fused-ring (bicyclic) bond motifs is 1. The van der Waals surface area contributed by atoms with Gasteiger partial charge in [-0.05, 0) is 42.4 Å². The van der Waals surface area contributed by atoms with Crippen LogP contribution in [0.15, 0.2) is 47.0 Å². The topological polar surface area (TPSA) is 51.2 Å². The third-order valence-electron chi connectivity index (χ3n) is 7.80. The van der Waals surface area contributed by atoms with Crippen LogP contribution >= 0.6 is 0 Å². The molecule has 3 saturated heterocycles. The molecule has 6 nitrogen and oxygen atoms in total. The summed E-state index contributed by atoms with van der Waals surface area (Å²) in [7, 11) is 0.